The van der Waals surface area contributed by atoms with Crippen molar-refractivity contribution in [3.05, 3.63) is 30.3 Å². The summed E-state index contributed by atoms with van der Waals surface area (Å²) in [6, 6.07) is 10.0. The molecule has 1 aliphatic carbocycles. The largest absolute Gasteiger partial charge is 0.411 e. The van der Waals surface area contributed by atoms with Crippen molar-refractivity contribution in [1.29, 1.82) is 0 Å². The zero-order chi connectivity index (χ0) is 16.1. The van der Waals surface area contributed by atoms with Gasteiger partial charge in [-0.1, -0.05) is 49.2 Å². The molecule has 0 aliphatic heterocycles. The Hall–Kier alpha value is -1.82. The summed E-state index contributed by atoms with van der Waals surface area (Å²) in [6.07, 6.45) is 5.97. The SMILES string of the molecule is CN(C(=O)CSc1nnc(-c2ccccc2)o1)C1CCCCC1. The van der Waals surface area contributed by atoms with Crippen LogP contribution in [-0.4, -0.2) is 39.8 Å². The smallest absolute Gasteiger partial charge is 0.277 e. The third-order valence-electron chi connectivity index (χ3n) is 4.26. The van der Waals surface area contributed by atoms with E-state index in [0.717, 1.165) is 18.4 Å². The number of aromatic nitrogens is 2. The minimum absolute atomic E-state index is 0.126. The van der Waals surface area contributed by atoms with Gasteiger partial charge in [0, 0.05) is 18.7 Å². The molecule has 6 heteroatoms. The third kappa shape index (κ3) is 4.13. The number of amides is 1. The van der Waals surface area contributed by atoms with E-state index in [2.05, 4.69) is 10.2 Å². The number of carbonyl (C=O) groups is 1. The van der Waals surface area contributed by atoms with Gasteiger partial charge in [0.1, 0.15) is 0 Å². The first kappa shape index (κ1) is 16.1. The van der Waals surface area contributed by atoms with Crippen molar-refractivity contribution in [1.82, 2.24) is 15.1 Å². The van der Waals surface area contributed by atoms with Crippen LogP contribution in [-0.2, 0) is 4.79 Å². The zero-order valence-electron chi connectivity index (χ0n) is 13.3. The first-order valence-corrected chi connectivity index (χ1v) is 9.00. The van der Waals surface area contributed by atoms with Crippen LogP contribution in [0.3, 0.4) is 0 Å². The van der Waals surface area contributed by atoms with E-state index in [1.165, 1.54) is 31.0 Å². The first-order valence-electron chi connectivity index (χ1n) is 8.01. The van der Waals surface area contributed by atoms with Crippen LogP contribution >= 0.6 is 11.8 Å². The summed E-state index contributed by atoms with van der Waals surface area (Å²) in [7, 11) is 1.90. The van der Waals surface area contributed by atoms with Crippen LogP contribution in [0, 0.1) is 0 Å². The maximum atomic E-state index is 12.3. The number of hydrogen-bond donors (Lipinski definition) is 0. The summed E-state index contributed by atoms with van der Waals surface area (Å²) in [5.74, 6) is 0.950. The van der Waals surface area contributed by atoms with Crippen molar-refractivity contribution in [2.24, 2.45) is 0 Å². The molecule has 1 aromatic carbocycles. The summed E-state index contributed by atoms with van der Waals surface area (Å²) in [5, 5.41) is 8.49. The van der Waals surface area contributed by atoms with Gasteiger partial charge in [0.15, 0.2) is 0 Å². The molecule has 23 heavy (non-hydrogen) atoms. The van der Waals surface area contributed by atoms with Gasteiger partial charge in [-0.25, -0.2) is 0 Å². The molecular formula is C17H21N3O2S. The van der Waals surface area contributed by atoms with E-state index >= 15 is 0 Å². The maximum absolute atomic E-state index is 12.3. The molecule has 3 rings (SSSR count). The van der Waals surface area contributed by atoms with Crippen LogP contribution in [0.1, 0.15) is 32.1 Å². The van der Waals surface area contributed by atoms with Gasteiger partial charge >= 0.3 is 0 Å². The average Bonchev–Trinajstić information content (AvgIpc) is 3.09. The lowest BCUT2D eigenvalue weighted by Gasteiger charge is -2.31. The average molecular weight is 331 g/mol. The number of thioether (sulfide) groups is 1. The van der Waals surface area contributed by atoms with Crippen molar-refractivity contribution in [3.63, 3.8) is 0 Å². The standard InChI is InChI=1S/C17H21N3O2S/c1-20(14-10-6-3-7-11-14)15(21)12-23-17-19-18-16(22-17)13-8-4-2-5-9-13/h2,4-5,8-9,14H,3,6-7,10-12H2,1H3. The molecule has 0 bridgehead atoms. The van der Waals surface area contributed by atoms with Crippen molar-refractivity contribution in [2.45, 2.75) is 43.4 Å². The molecule has 1 saturated carbocycles. The van der Waals surface area contributed by atoms with Gasteiger partial charge in [0.05, 0.1) is 5.75 Å². The second kappa shape index (κ2) is 7.64. The normalized spacial score (nSPS) is 15.5. The Morgan fingerprint density at radius 1 is 1.22 bits per heavy atom. The summed E-state index contributed by atoms with van der Waals surface area (Å²) >= 11 is 1.30. The van der Waals surface area contributed by atoms with Crippen LogP contribution < -0.4 is 0 Å². The number of benzene rings is 1. The second-order valence-corrected chi connectivity index (χ2v) is 6.75. The fourth-order valence-electron chi connectivity index (χ4n) is 2.86. The van der Waals surface area contributed by atoms with Crippen LogP contribution in [0.15, 0.2) is 40.0 Å². The first-order chi connectivity index (χ1) is 11.2. The van der Waals surface area contributed by atoms with Gasteiger partial charge in [-0.15, -0.1) is 10.2 Å². The lowest BCUT2D eigenvalue weighted by atomic mass is 9.94. The highest BCUT2D eigenvalue weighted by molar-refractivity contribution is 7.99. The Bertz CT molecular complexity index is 638. The number of carbonyl (C=O) groups excluding carboxylic acids is 1. The van der Waals surface area contributed by atoms with Crippen molar-refractivity contribution in [2.75, 3.05) is 12.8 Å². The van der Waals surface area contributed by atoms with Crippen molar-refractivity contribution >= 4 is 17.7 Å². The Kier molecular flexibility index (Phi) is 5.33. The Morgan fingerprint density at radius 2 is 1.96 bits per heavy atom. The summed E-state index contributed by atoms with van der Waals surface area (Å²) in [4.78, 5) is 14.2. The third-order valence-corrected chi connectivity index (χ3v) is 5.07. The highest BCUT2D eigenvalue weighted by Gasteiger charge is 2.22. The molecular weight excluding hydrogens is 310 g/mol. The Balaban J connectivity index is 1.54. The molecule has 0 unspecified atom stereocenters. The minimum atomic E-state index is 0.126. The Labute approximate surface area is 140 Å². The van der Waals surface area contributed by atoms with Crippen LogP contribution in [0.4, 0.5) is 0 Å². The van der Waals surface area contributed by atoms with Gasteiger partial charge in [-0.05, 0) is 25.0 Å². The molecule has 5 nitrogen and oxygen atoms in total. The number of nitrogens with zero attached hydrogens (tertiary/aromatic N) is 3. The molecule has 0 radical (unpaired) electrons. The van der Waals surface area contributed by atoms with E-state index in [0.29, 0.717) is 22.9 Å². The number of rotatable bonds is 5. The number of hydrogen-bond acceptors (Lipinski definition) is 5. The minimum Gasteiger partial charge on any atom is -0.411 e. The highest BCUT2D eigenvalue weighted by Crippen LogP contribution is 2.25. The topological polar surface area (TPSA) is 59.2 Å². The molecule has 0 N–H and O–H groups in total. The van der Waals surface area contributed by atoms with Gasteiger partial charge in [0.25, 0.3) is 5.22 Å². The van der Waals surface area contributed by atoms with Crippen molar-refractivity contribution < 1.29 is 9.21 Å². The van der Waals surface area contributed by atoms with E-state index in [4.69, 9.17) is 4.42 Å². The fourth-order valence-corrected chi connectivity index (χ4v) is 3.55. The van der Waals surface area contributed by atoms with Gasteiger partial charge in [-0.3, -0.25) is 4.79 Å². The fraction of sp³-hybridized carbons (Fsp3) is 0.471. The molecule has 122 valence electrons. The molecule has 0 atom stereocenters. The van der Waals surface area contributed by atoms with Crippen LogP contribution in [0.25, 0.3) is 11.5 Å². The molecule has 0 saturated heterocycles. The van der Waals surface area contributed by atoms with Crippen LogP contribution in [0.2, 0.25) is 0 Å². The molecule has 1 heterocycles. The summed E-state index contributed by atoms with van der Waals surface area (Å²) in [6.45, 7) is 0. The van der Waals surface area contributed by atoms with E-state index in [1.807, 2.05) is 42.3 Å². The van der Waals surface area contributed by atoms with Gasteiger partial charge in [0.2, 0.25) is 11.8 Å². The second-order valence-electron chi connectivity index (χ2n) is 5.82. The van der Waals surface area contributed by atoms with Gasteiger partial charge < -0.3 is 9.32 Å². The van der Waals surface area contributed by atoms with E-state index < -0.39 is 0 Å². The quantitative estimate of drug-likeness (QED) is 0.783. The molecule has 2 aromatic rings. The van der Waals surface area contributed by atoms with E-state index in [1.54, 1.807) is 0 Å². The Morgan fingerprint density at radius 3 is 2.70 bits per heavy atom. The maximum Gasteiger partial charge on any atom is 0.277 e. The van der Waals surface area contributed by atoms with Crippen LogP contribution in [0.5, 0.6) is 0 Å². The van der Waals surface area contributed by atoms with E-state index in [-0.39, 0.29) is 5.91 Å². The predicted molar refractivity (Wildman–Crippen MR) is 90.1 cm³/mol. The zero-order valence-corrected chi connectivity index (χ0v) is 14.1. The predicted octanol–water partition coefficient (Wildman–Crippen LogP) is 3.62. The molecule has 1 amide bonds. The van der Waals surface area contributed by atoms with Crippen molar-refractivity contribution in [3.8, 4) is 11.5 Å². The highest BCUT2D eigenvalue weighted by atomic mass is 32.2. The lowest BCUT2D eigenvalue weighted by Crippen LogP contribution is -2.39. The molecule has 1 aliphatic rings. The summed E-state index contributed by atoms with van der Waals surface area (Å²) < 4.78 is 5.62. The lowest BCUT2D eigenvalue weighted by molar-refractivity contribution is -0.129. The summed E-state index contributed by atoms with van der Waals surface area (Å²) in [5.41, 5.74) is 0.887. The molecule has 0 spiro atoms. The molecule has 1 fully saturated rings. The monoisotopic (exact) mass is 331 g/mol. The van der Waals surface area contributed by atoms with Gasteiger partial charge in [-0.2, -0.15) is 0 Å². The molecule has 1 aromatic heterocycles. The van der Waals surface area contributed by atoms with E-state index in [9.17, 15) is 4.79 Å².